The molecule has 0 aliphatic heterocycles. The molecule has 21 heavy (non-hydrogen) atoms. The van der Waals surface area contributed by atoms with Crippen LogP contribution in [-0.4, -0.2) is 27.4 Å². The summed E-state index contributed by atoms with van der Waals surface area (Å²) in [6.07, 6.45) is 0.622. The molecule has 0 spiro atoms. The van der Waals surface area contributed by atoms with Crippen molar-refractivity contribution in [1.82, 2.24) is 20.3 Å². The van der Waals surface area contributed by atoms with Crippen molar-refractivity contribution in [3.05, 3.63) is 41.1 Å². The summed E-state index contributed by atoms with van der Waals surface area (Å²) in [6.45, 7) is 4.35. The number of rotatable bonds is 4. The first-order valence-corrected chi connectivity index (χ1v) is 6.79. The fourth-order valence-corrected chi connectivity index (χ4v) is 2.15. The van der Waals surface area contributed by atoms with Gasteiger partial charge in [-0.3, -0.25) is 0 Å². The van der Waals surface area contributed by atoms with Crippen molar-refractivity contribution in [2.24, 2.45) is 0 Å². The summed E-state index contributed by atoms with van der Waals surface area (Å²) in [5.41, 5.74) is 3.92. The molecule has 0 saturated carbocycles. The highest BCUT2D eigenvalue weighted by atomic mass is 16.6. The summed E-state index contributed by atoms with van der Waals surface area (Å²) in [5.74, 6) is 0.970. The van der Waals surface area contributed by atoms with Crippen LogP contribution in [0.25, 0.3) is 11.3 Å². The molecule has 0 aliphatic rings. The lowest BCUT2D eigenvalue weighted by Crippen LogP contribution is -2.01. The van der Waals surface area contributed by atoms with Gasteiger partial charge in [-0.1, -0.05) is 38.1 Å². The van der Waals surface area contributed by atoms with Crippen molar-refractivity contribution in [1.29, 1.82) is 0 Å². The van der Waals surface area contributed by atoms with Crippen molar-refractivity contribution in [2.75, 3.05) is 7.11 Å². The maximum atomic E-state index is 5.27. The SMILES string of the molecule is COc1nc2nonc2nc1Cc1ccc(C(C)C)cc1. The van der Waals surface area contributed by atoms with Crippen molar-refractivity contribution in [3.63, 3.8) is 0 Å². The zero-order valence-corrected chi connectivity index (χ0v) is 12.2. The fourth-order valence-electron chi connectivity index (χ4n) is 2.15. The van der Waals surface area contributed by atoms with Crippen LogP contribution in [0.3, 0.4) is 0 Å². The second-order valence-corrected chi connectivity index (χ2v) is 5.16. The summed E-state index contributed by atoms with van der Waals surface area (Å²) >= 11 is 0. The molecule has 0 N–H and O–H groups in total. The van der Waals surface area contributed by atoms with E-state index in [0.29, 0.717) is 29.5 Å². The standard InChI is InChI=1S/C15H16N4O2/c1-9(2)11-6-4-10(5-7-11)8-12-15(20-3)17-14-13(16-12)18-21-19-14/h4-7,9H,8H2,1-3H3. The Morgan fingerprint density at radius 3 is 2.33 bits per heavy atom. The second kappa shape index (κ2) is 5.47. The summed E-state index contributed by atoms with van der Waals surface area (Å²) in [5, 5.41) is 7.39. The van der Waals surface area contributed by atoms with Crippen LogP contribution in [0.1, 0.15) is 36.6 Å². The molecule has 6 heteroatoms. The minimum Gasteiger partial charge on any atom is -0.480 e. The highest BCUT2D eigenvalue weighted by Gasteiger charge is 2.13. The molecule has 0 amide bonds. The van der Waals surface area contributed by atoms with E-state index in [1.807, 2.05) is 0 Å². The molecule has 6 nitrogen and oxygen atoms in total. The quantitative estimate of drug-likeness (QED) is 0.733. The Morgan fingerprint density at radius 1 is 1.05 bits per heavy atom. The number of fused-ring (bicyclic) bond motifs is 1. The van der Waals surface area contributed by atoms with E-state index in [2.05, 4.69) is 63.0 Å². The molecular formula is C15H16N4O2. The number of aromatic nitrogens is 4. The van der Waals surface area contributed by atoms with Crippen LogP contribution in [0.2, 0.25) is 0 Å². The number of hydrogen-bond acceptors (Lipinski definition) is 6. The van der Waals surface area contributed by atoms with E-state index in [9.17, 15) is 0 Å². The van der Waals surface area contributed by atoms with E-state index in [-0.39, 0.29) is 0 Å². The molecule has 0 unspecified atom stereocenters. The van der Waals surface area contributed by atoms with Crippen molar-refractivity contribution < 1.29 is 9.37 Å². The lowest BCUT2D eigenvalue weighted by atomic mass is 10.0. The van der Waals surface area contributed by atoms with Gasteiger partial charge in [-0.05, 0) is 27.4 Å². The van der Waals surface area contributed by atoms with Gasteiger partial charge in [-0.15, -0.1) is 0 Å². The lowest BCUT2D eigenvalue weighted by molar-refractivity contribution is 0.313. The molecule has 0 aliphatic carbocycles. The van der Waals surface area contributed by atoms with Gasteiger partial charge in [-0.2, -0.15) is 4.98 Å². The number of hydrogen-bond donors (Lipinski definition) is 0. The van der Waals surface area contributed by atoms with Crippen molar-refractivity contribution in [2.45, 2.75) is 26.2 Å². The number of nitrogens with zero attached hydrogens (tertiary/aromatic N) is 4. The predicted molar refractivity (Wildman–Crippen MR) is 77.3 cm³/mol. The lowest BCUT2D eigenvalue weighted by Gasteiger charge is -2.08. The number of benzene rings is 1. The molecule has 3 rings (SSSR count). The first-order valence-electron chi connectivity index (χ1n) is 6.79. The predicted octanol–water partition coefficient (Wildman–Crippen LogP) is 2.74. The third kappa shape index (κ3) is 2.69. The molecule has 1 aromatic carbocycles. The number of ether oxygens (including phenoxy) is 1. The normalized spacial score (nSPS) is 11.2. The molecule has 0 bridgehead atoms. The fraction of sp³-hybridized carbons (Fsp3) is 0.333. The average Bonchev–Trinajstić information content (AvgIpc) is 2.94. The van der Waals surface area contributed by atoms with Crippen LogP contribution in [0, 0.1) is 0 Å². The van der Waals surface area contributed by atoms with Gasteiger partial charge < -0.3 is 4.74 Å². The summed E-state index contributed by atoms with van der Waals surface area (Å²) < 4.78 is 9.91. The molecule has 0 saturated heterocycles. The summed E-state index contributed by atoms with van der Waals surface area (Å²) in [7, 11) is 1.56. The Morgan fingerprint density at radius 2 is 1.71 bits per heavy atom. The van der Waals surface area contributed by atoms with E-state index < -0.39 is 0 Å². The maximum Gasteiger partial charge on any atom is 0.246 e. The Hall–Kier alpha value is -2.50. The molecule has 3 aromatic rings. The third-order valence-corrected chi connectivity index (χ3v) is 3.36. The van der Waals surface area contributed by atoms with Crippen LogP contribution in [0.4, 0.5) is 0 Å². The van der Waals surface area contributed by atoms with Gasteiger partial charge in [0.2, 0.25) is 17.2 Å². The first kappa shape index (κ1) is 13.5. The van der Waals surface area contributed by atoms with Gasteiger partial charge in [-0.25, -0.2) is 9.61 Å². The minimum atomic E-state index is 0.353. The summed E-state index contributed by atoms with van der Waals surface area (Å²) in [4.78, 5) is 8.65. The zero-order valence-electron chi connectivity index (χ0n) is 12.2. The molecule has 0 radical (unpaired) electrons. The molecule has 2 aromatic heterocycles. The summed E-state index contributed by atoms with van der Waals surface area (Å²) in [6, 6.07) is 8.47. The average molecular weight is 284 g/mol. The van der Waals surface area contributed by atoms with Crippen LogP contribution in [-0.2, 0) is 6.42 Å². The second-order valence-electron chi connectivity index (χ2n) is 5.16. The van der Waals surface area contributed by atoms with E-state index >= 15 is 0 Å². The van der Waals surface area contributed by atoms with Gasteiger partial charge >= 0.3 is 0 Å². The van der Waals surface area contributed by atoms with Crippen molar-refractivity contribution in [3.8, 4) is 5.88 Å². The van der Waals surface area contributed by atoms with Crippen LogP contribution >= 0.6 is 0 Å². The maximum absolute atomic E-state index is 5.27. The highest BCUT2D eigenvalue weighted by Crippen LogP contribution is 2.21. The van der Waals surface area contributed by atoms with E-state index in [1.54, 1.807) is 7.11 Å². The monoisotopic (exact) mass is 284 g/mol. The molecule has 0 atom stereocenters. The first-order chi connectivity index (χ1) is 10.2. The van der Waals surface area contributed by atoms with Crippen LogP contribution in [0.5, 0.6) is 5.88 Å². The van der Waals surface area contributed by atoms with Gasteiger partial charge in [0.15, 0.2) is 0 Å². The van der Waals surface area contributed by atoms with E-state index in [0.717, 1.165) is 11.3 Å². The topological polar surface area (TPSA) is 73.9 Å². The largest absolute Gasteiger partial charge is 0.480 e. The smallest absolute Gasteiger partial charge is 0.246 e. The molecular weight excluding hydrogens is 268 g/mol. The minimum absolute atomic E-state index is 0.353. The molecule has 108 valence electrons. The van der Waals surface area contributed by atoms with E-state index in [4.69, 9.17) is 4.74 Å². The van der Waals surface area contributed by atoms with Crippen LogP contribution in [0.15, 0.2) is 28.9 Å². The highest BCUT2D eigenvalue weighted by molar-refractivity contribution is 5.64. The Labute approximate surface area is 122 Å². The van der Waals surface area contributed by atoms with Gasteiger partial charge in [0, 0.05) is 6.42 Å². The van der Waals surface area contributed by atoms with Crippen LogP contribution < -0.4 is 4.74 Å². The Balaban J connectivity index is 1.92. The molecule has 0 fully saturated rings. The van der Waals surface area contributed by atoms with Crippen molar-refractivity contribution >= 4 is 11.3 Å². The number of methoxy groups -OCH3 is 1. The Bertz CT molecular complexity index is 750. The van der Waals surface area contributed by atoms with Gasteiger partial charge in [0.05, 0.1) is 7.11 Å². The molecule has 2 heterocycles. The Kier molecular flexibility index (Phi) is 3.51. The van der Waals surface area contributed by atoms with Gasteiger partial charge in [0.1, 0.15) is 5.69 Å². The van der Waals surface area contributed by atoms with Gasteiger partial charge in [0.25, 0.3) is 0 Å². The third-order valence-electron chi connectivity index (χ3n) is 3.36. The van der Waals surface area contributed by atoms with E-state index in [1.165, 1.54) is 5.56 Å². The zero-order chi connectivity index (χ0) is 14.8.